The van der Waals surface area contributed by atoms with Crippen LogP contribution in [0.4, 0.5) is 13.2 Å². The molecular formula is C20H17F3N4O. The van der Waals surface area contributed by atoms with Crippen molar-refractivity contribution in [2.45, 2.75) is 33.1 Å². The van der Waals surface area contributed by atoms with Gasteiger partial charge in [-0.05, 0) is 54.8 Å². The van der Waals surface area contributed by atoms with E-state index in [1.54, 1.807) is 19.3 Å². The van der Waals surface area contributed by atoms with Gasteiger partial charge in [0.2, 0.25) is 0 Å². The lowest BCUT2D eigenvalue weighted by Gasteiger charge is -2.18. The molecule has 5 nitrogen and oxygen atoms in total. The summed E-state index contributed by atoms with van der Waals surface area (Å²) in [5.41, 5.74) is 4.37. The fourth-order valence-electron chi connectivity index (χ4n) is 3.62. The summed E-state index contributed by atoms with van der Waals surface area (Å²) in [7, 11) is 0. The van der Waals surface area contributed by atoms with Gasteiger partial charge in [0.1, 0.15) is 5.75 Å². The molecule has 3 heterocycles. The molecule has 0 saturated carbocycles. The minimum Gasteiger partial charge on any atom is -0.406 e. The Balaban J connectivity index is 2.06. The third-order valence-electron chi connectivity index (χ3n) is 4.85. The maximum atomic E-state index is 12.8. The fraction of sp³-hybridized carbons (Fsp3) is 0.250. The number of nitrogens with zero attached hydrogens (tertiary/aromatic N) is 3. The Morgan fingerprint density at radius 1 is 1.11 bits per heavy atom. The van der Waals surface area contributed by atoms with Crippen molar-refractivity contribution >= 4 is 21.9 Å². The van der Waals surface area contributed by atoms with Crippen LogP contribution in [0.5, 0.6) is 5.75 Å². The van der Waals surface area contributed by atoms with E-state index in [0.29, 0.717) is 22.1 Å². The molecule has 0 aliphatic heterocycles. The van der Waals surface area contributed by atoms with E-state index in [1.807, 2.05) is 26.0 Å². The third-order valence-corrected chi connectivity index (χ3v) is 4.85. The van der Waals surface area contributed by atoms with Gasteiger partial charge in [-0.25, -0.2) is 4.98 Å². The van der Waals surface area contributed by atoms with Gasteiger partial charge in [-0.15, -0.1) is 13.2 Å². The van der Waals surface area contributed by atoms with Crippen LogP contribution in [0.3, 0.4) is 0 Å². The minimum atomic E-state index is -4.76. The number of alkyl halides is 3. The van der Waals surface area contributed by atoms with E-state index < -0.39 is 6.36 Å². The second-order valence-corrected chi connectivity index (χ2v) is 6.76. The Morgan fingerprint density at radius 3 is 2.50 bits per heavy atom. The molecule has 0 spiro atoms. The highest BCUT2D eigenvalue weighted by Gasteiger charge is 2.32. The maximum absolute atomic E-state index is 12.8. The van der Waals surface area contributed by atoms with Crippen LogP contribution >= 0.6 is 0 Å². The molecule has 28 heavy (non-hydrogen) atoms. The number of aromatic amines is 1. The van der Waals surface area contributed by atoms with Crippen LogP contribution in [0.15, 0.2) is 36.7 Å². The van der Waals surface area contributed by atoms with Crippen molar-refractivity contribution in [1.82, 2.24) is 20.2 Å². The topological polar surface area (TPSA) is 63.7 Å². The number of fused-ring (bicyclic) bond motifs is 2. The molecule has 0 amide bonds. The lowest BCUT2D eigenvalue weighted by Crippen LogP contribution is -2.17. The molecule has 0 fully saturated rings. The van der Waals surface area contributed by atoms with Gasteiger partial charge < -0.3 is 4.74 Å². The van der Waals surface area contributed by atoms with Crippen LogP contribution in [0.2, 0.25) is 0 Å². The molecule has 0 radical (unpaired) electrons. The molecule has 1 unspecified atom stereocenters. The molecule has 1 N–H and O–H groups in total. The van der Waals surface area contributed by atoms with Crippen molar-refractivity contribution in [2.24, 2.45) is 0 Å². The zero-order valence-corrected chi connectivity index (χ0v) is 15.4. The van der Waals surface area contributed by atoms with Crippen molar-refractivity contribution in [3.8, 4) is 5.75 Å². The quantitative estimate of drug-likeness (QED) is 0.527. The van der Waals surface area contributed by atoms with E-state index >= 15 is 0 Å². The number of hydrogen-bond acceptors (Lipinski definition) is 4. The van der Waals surface area contributed by atoms with Gasteiger partial charge in [-0.1, -0.05) is 6.92 Å². The van der Waals surface area contributed by atoms with Gasteiger partial charge in [0, 0.05) is 34.8 Å². The molecule has 1 atom stereocenters. The average Bonchev–Trinajstić information content (AvgIpc) is 3.00. The molecule has 4 aromatic rings. The number of hydrogen-bond donors (Lipinski definition) is 1. The monoisotopic (exact) mass is 386 g/mol. The van der Waals surface area contributed by atoms with E-state index in [9.17, 15) is 13.2 Å². The van der Waals surface area contributed by atoms with Crippen molar-refractivity contribution in [2.75, 3.05) is 0 Å². The fourth-order valence-corrected chi connectivity index (χ4v) is 3.62. The highest BCUT2D eigenvalue weighted by atomic mass is 19.4. The zero-order valence-electron chi connectivity index (χ0n) is 15.4. The van der Waals surface area contributed by atoms with Gasteiger partial charge in [-0.3, -0.25) is 10.1 Å². The molecule has 0 aliphatic rings. The molecule has 0 saturated heterocycles. The molecular weight excluding hydrogens is 369 g/mol. The highest BCUT2D eigenvalue weighted by molar-refractivity contribution is 6.00. The first-order valence-electron chi connectivity index (χ1n) is 8.69. The Labute approximate surface area is 158 Å². The predicted molar refractivity (Wildman–Crippen MR) is 99.3 cm³/mol. The second-order valence-electron chi connectivity index (χ2n) is 6.76. The van der Waals surface area contributed by atoms with Crippen LogP contribution in [-0.4, -0.2) is 26.5 Å². The summed E-state index contributed by atoms with van der Waals surface area (Å²) in [5, 5.41) is 8.62. The number of rotatable bonds is 3. The summed E-state index contributed by atoms with van der Waals surface area (Å²) < 4.78 is 42.6. The first kappa shape index (κ1) is 18.2. The van der Waals surface area contributed by atoms with Gasteiger partial charge >= 0.3 is 6.36 Å². The number of H-pyrrole nitrogens is 1. The zero-order chi connectivity index (χ0) is 20.1. The lowest BCUT2D eigenvalue weighted by molar-refractivity contribution is -0.274. The number of nitrogens with one attached hydrogen (secondary N) is 1. The summed E-state index contributed by atoms with van der Waals surface area (Å²) in [4.78, 5) is 8.63. The summed E-state index contributed by atoms with van der Waals surface area (Å²) in [6.07, 6.45) is -1.38. The van der Waals surface area contributed by atoms with Crippen LogP contribution in [0, 0.1) is 13.8 Å². The Kier molecular flexibility index (Phi) is 4.21. The van der Waals surface area contributed by atoms with Gasteiger partial charge in [0.25, 0.3) is 0 Å². The number of aromatic nitrogens is 4. The van der Waals surface area contributed by atoms with Crippen LogP contribution in [0.25, 0.3) is 21.9 Å². The van der Waals surface area contributed by atoms with Crippen molar-refractivity contribution < 1.29 is 17.9 Å². The normalized spacial score (nSPS) is 13.2. The molecule has 3 aromatic heterocycles. The Bertz CT molecular complexity index is 1170. The number of benzene rings is 1. The van der Waals surface area contributed by atoms with Gasteiger partial charge in [0.05, 0.1) is 5.52 Å². The molecule has 0 aliphatic carbocycles. The summed E-state index contributed by atoms with van der Waals surface area (Å²) in [6, 6.07) is 6.53. The largest absolute Gasteiger partial charge is 0.573 e. The van der Waals surface area contributed by atoms with Crippen molar-refractivity contribution in [1.29, 1.82) is 0 Å². The van der Waals surface area contributed by atoms with Crippen molar-refractivity contribution in [3.05, 3.63) is 59.0 Å². The third kappa shape index (κ3) is 3.15. The van der Waals surface area contributed by atoms with Gasteiger partial charge in [0.15, 0.2) is 5.65 Å². The predicted octanol–water partition coefficient (Wildman–Crippen LogP) is 5.17. The van der Waals surface area contributed by atoms with E-state index in [2.05, 4.69) is 24.9 Å². The minimum absolute atomic E-state index is 0.118. The average molecular weight is 386 g/mol. The molecule has 1 aromatic carbocycles. The standard InChI is InChI=1S/C20H17F3N4O/c1-10-8-14(28-20(21,22)23)9-15-16(11(2)13-4-6-24-7-5-13)17-12(3)26-27-19(17)25-18(10)15/h4-9,11H,1-3H3,(H,25,26,27). The number of ether oxygens (including phenoxy) is 1. The Morgan fingerprint density at radius 2 is 1.82 bits per heavy atom. The SMILES string of the molecule is Cc1cc(OC(F)(F)F)cc2c(C(C)c3ccncc3)c3c(C)[nH]nc3nc12. The highest BCUT2D eigenvalue weighted by Crippen LogP contribution is 2.39. The van der Waals surface area contributed by atoms with E-state index in [4.69, 9.17) is 0 Å². The van der Waals surface area contributed by atoms with Gasteiger partial charge in [-0.2, -0.15) is 5.10 Å². The second kappa shape index (κ2) is 6.47. The summed E-state index contributed by atoms with van der Waals surface area (Å²) in [6.45, 7) is 5.59. The van der Waals surface area contributed by atoms with E-state index in [0.717, 1.165) is 22.2 Å². The van der Waals surface area contributed by atoms with Crippen molar-refractivity contribution in [3.63, 3.8) is 0 Å². The molecule has 4 rings (SSSR count). The van der Waals surface area contributed by atoms with Crippen LogP contribution < -0.4 is 4.74 Å². The maximum Gasteiger partial charge on any atom is 0.573 e. The summed E-state index contributed by atoms with van der Waals surface area (Å²) in [5.74, 6) is -0.379. The molecule has 144 valence electrons. The first-order chi connectivity index (χ1) is 13.2. The number of aryl methyl sites for hydroxylation is 2. The first-order valence-corrected chi connectivity index (χ1v) is 8.69. The van der Waals surface area contributed by atoms with E-state index in [-0.39, 0.29) is 11.7 Å². The number of pyridine rings is 2. The smallest absolute Gasteiger partial charge is 0.406 e. The molecule has 0 bridgehead atoms. The Hall–Kier alpha value is -3.16. The van der Waals surface area contributed by atoms with Crippen LogP contribution in [-0.2, 0) is 0 Å². The molecule has 8 heteroatoms. The van der Waals surface area contributed by atoms with E-state index in [1.165, 1.54) is 12.1 Å². The number of halogens is 3. The lowest BCUT2D eigenvalue weighted by atomic mass is 9.88. The summed E-state index contributed by atoms with van der Waals surface area (Å²) >= 11 is 0. The van der Waals surface area contributed by atoms with Crippen LogP contribution in [0.1, 0.15) is 35.2 Å².